The number of hydrogen-bond donors (Lipinski definition) is 2. The quantitative estimate of drug-likeness (QED) is 0.101. The third-order valence-electron chi connectivity index (χ3n) is 8.01. The van der Waals surface area contributed by atoms with E-state index in [2.05, 4.69) is 10.3 Å². The van der Waals surface area contributed by atoms with Gasteiger partial charge in [-0.25, -0.2) is 4.99 Å². The number of carbonyl (C=O) groups is 4. The summed E-state index contributed by atoms with van der Waals surface area (Å²) in [6, 6.07) is 30.8. The maximum Gasteiger partial charge on any atom is 0.261 e. The second-order valence-corrected chi connectivity index (χ2v) is 11.5. The fourth-order valence-electron chi connectivity index (χ4n) is 5.55. The first kappa shape index (κ1) is 33.6. The van der Waals surface area contributed by atoms with Crippen molar-refractivity contribution in [1.82, 2.24) is 10.2 Å². The van der Waals surface area contributed by atoms with Gasteiger partial charge < -0.3 is 20.5 Å². The Labute approximate surface area is 279 Å². The number of imide groups is 1. The Kier molecular flexibility index (Phi) is 11.3. The Morgan fingerprint density at radius 2 is 1.48 bits per heavy atom. The number of carbonyl (C=O) groups excluding carboxylic acids is 4. The zero-order valence-electron chi connectivity index (χ0n) is 26.8. The lowest BCUT2D eigenvalue weighted by atomic mass is 9.93. The number of benzene rings is 4. The number of para-hydroxylation sites is 1. The molecule has 0 bridgehead atoms. The zero-order valence-corrected chi connectivity index (χ0v) is 26.8. The van der Waals surface area contributed by atoms with Gasteiger partial charge in [-0.2, -0.15) is 0 Å². The number of amidine groups is 1. The molecule has 0 spiro atoms. The molecule has 1 heterocycles. The third-order valence-corrected chi connectivity index (χ3v) is 8.01. The Hall–Kier alpha value is -5.77. The molecule has 1 aliphatic heterocycles. The van der Waals surface area contributed by atoms with E-state index in [0.29, 0.717) is 54.1 Å². The summed E-state index contributed by atoms with van der Waals surface area (Å²) < 4.78 is 11.1. The van der Waals surface area contributed by atoms with Gasteiger partial charge in [0.05, 0.1) is 24.7 Å². The highest BCUT2D eigenvalue weighted by atomic mass is 16.5. The van der Waals surface area contributed by atoms with Crippen molar-refractivity contribution in [2.24, 2.45) is 16.6 Å². The summed E-state index contributed by atoms with van der Waals surface area (Å²) in [6.07, 6.45) is 1.87. The molecule has 1 unspecified atom stereocenters. The molecule has 0 saturated carbocycles. The van der Waals surface area contributed by atoms with E-state index >= 15 is 0 Å². The fourth-order valence-corrected chi connectivity index (χ4v) is 5.55. The van der Waals surface area contributed by atoms with Crippen LogP contribution in [0.1, 0.15) is 51.1 Å². The molecule has 4 aromatic rings. The van der Waals surface area contributed by atoms with Crippen molar-refractivity contribution in [1.29, 1.82) is 0 Å². The molecule has 4 amide bonds. The zero-order chi connectivity index (χ0) is 33.9. The molecule has 10 nitrogen and oxygen atoms in total. The number of nitrogens with two attached hydrogens (primary N) is 1. The maximum absolute atomic E-state index is 13.4. The topological polar surface area (TPSA) is 140 Å². The van der Waals surface area contributed by atoms with E-state index < -0.39 is 5.92 Å². The molecule has 0 radical (unpaired) electrons. The molecule has 5 rings (SSSR count). The molecule has 246 valence electrons. The van der Waals surface area contributed by atoms with Gasteiger partial charge in [-0.05, 0) is 78.9 Å². The van der Waals surface area contributed by atoms with Gasteiger partial charge >= 0.3 is 0 Å². The number of hydrogen-bond acceptors (Lipinski definition) is 6. The van der Waals surface area contributed by atoms with E-state index in [1.807, 2.05) is 72.8 Å². The average molecular weight is 647 g/mol. The molecular formula is C38H38N4O6. The number of rotatable bonds is 15. The van der Waals surface area contributed by atoms with E-state index in [1.54, 1.807) is 37.4 Å². The summed E-state index contributed by atoms with van der Waals surface area (Å²) in [5.74, 6) is 0.511. The lowest BCUT2D eigenvalue weighted by molar-refractivity contribution is -0.125. The van der Waals surface area contributed by atoms with E-state index in [1.165, 1.54) is 0 Å². The number of methoxy groups -OCH3 is 1. The van der Waals surface area contributed by atoms with Gasteiger partial charge in [-0.1, -0.05) is 54.6 Å². The highest BCUT2D eigenvalue weighted by Gasteiger charge is 2.34. The molecule has 1 aliphatic rings. The van der Waals surface area contributed by atoms with Crippen LogP contribution in [0.3, 0.4) is 0 Å². The van der Waals surface area contributed by atoms with Gasteiger partial charge in [0.15, 0.2) is 0 Å². The summed E-state index contributed by atoms with van der Waals surface area (Å²) in [4.78, 5) is 56.7. The number of nitrogens with one attached hydrogen (secondary N) is 1. The second-order valence-electron chi connectivity index (χ2n) is 11.5. The van der Waals surface area contributed by atoms with Crippen molar-refractivity contribution in [3.8, 4) is 17.2 Å². The van der Waals surface area contributed by atoms with Gasteiger partial charge in [-0.15, -0.1) is 0 Å². The maximum atomic E-state index is 13.4. The highest BCUT2D eigenvalue weighted by molar-refractivity contribution is 6.21. The minimum atomic E-state index is -0.420. The highest BCUT2D eigenvalue weighted by Crippen LogP contribution is 2.24. The van der Waals surface area contributed by atoms with Crippen molar-refractivity contribution < 1.29 is 28.7 Å². The Bertz CT molecular complexity index is 1750. The van der Waals surface area contributed by atoms with Crippen molar-refractivity contribution in [3.63, 3.8) is 0 Å². The number of amides is 4. The van der Waals surface area contributed by atoms with Crippen LogP contribution in [0.25, 0.3) is 0 Å². The first-order valence-electron chi connectivity index (χ1n) is 15.8. The molecule has 0 fully saturated rings. The molecule has 48 heavy (non-hydrogen) atoms. The Morgan fingerprint density at radius 3 is 2.17 bits per heavy atom. The van der Waals surface area contributed by atoms with Crippen molar-refractivity contribution >= 4 is 29.5 Å². The average Bonchev–Trinajstić information content (AvgIpc) is 3.33. The van der Waals surface area contributed by atoms with E-state index in [9.17, 15) is 19.2 Å². The molecule has 0 saturated heterocycles. The minimum Gasteiger partial charge on any atom is -0.497 e. The fraction of sp³-hybridized carbons (Fsp3) is 0.237. The first-order chi connectivity index (χ1) is 23.3. The predicted molar refractivity (Wildman–Crippen MR) is 182 cm³/mol. The van der Waals surface area contributed by atoms with Crippen LogP contribution in [0.5, 0.6) is 17.2 Å². The van der Waals surface area contributed by atoms with E-state index in [-0.39, 0.29) is 49.0 Å². The second kappa shape index (κ2) is 16.2. The SMILES string of the molecule is COc1ccc(CC(CCCC(N)=NC(=O)Cc2cccc(Oc3ccccc3)c2)C(=O)NCCN2C(=O)c3ccccc3C2=O)cc1. The van der Waals surface area contributed by atoms with Crippen LogP contribution >= 0.6 is 0 Å². The van der Waals surface area contributed by atoms with Crippen LogP contribution in [0, 0.1) is 5.92 Å². The standard InChI is InChI=1S/C38H38N4O6/c1-47-29-19-17-26(18-20-29)23-28(36(44)40-21-22-42-37(45)32-14-5-6-15-33(32)38(42)46)10-8-16-34(39)41-35(43)25-27-9-7-13-31(24-27)48-30-11-3-2-4-12-30/h2-7,9,11-15,17-20,24,28H,8,10,16,21-23,25H2,1H3,(H,40,44)(H2,39,41,43). The number of aliphatic imine (C=N–C) groups is 1. The summed E-state index contributed by atoms with van der Waals surface area (Å²) in [6.45, 7) is 0.190. The van der Waals surface area contributed by atoms with Gasteiger partial charge in [0.2, 0.25) is 5.91 Å². The van der Waals surface area contributed by atoms with Crippen LogP contribution < -0.4 is 20.5 Å². The molecule has 1 atom stereocenters. The van der Waals surface area contributed by atoms with E-state index in [0.717, 1.165) is 16.0 Å². The largest absolute Gasteiger partial charge is 0.497 e. The van der Waals surface area contributed by atoms with Gasteiger partial charge in [0, 0.05) is 25.4 Å². The molecule has 3 N–H and O–H groups in total. The molecule has 0 aliphatic carbocycles. The summed E-state index contributed by atoms with van der Waals surface area (Å²) >= 11 is 0. The van der Waals surface area contributed by atoms with E-state index in [4.69, 9.17) is 15.2 Å². The van der Waals surface area contributed by atoms with Crippen molar-refractivity contribution in [3.05, 3.63) is 125 Å². The Balaban J connectivity index is 1.14. The van der Waals surface area contributed by atoms with Crippen molar-refractivity contribution in [2.45, 2.75) is 32.1 Å². The number of fused-ring (bicyclic) bond motifs is 1. The van der Waals surface area contributed by atoms with Crippen LogP contribution in [-0.2, 0) is 22.4 Å². The summed E-state index contributed by atoms with van der Waals surface area (Å²) in [5, 5.41) is 2.90. The van der Waals surface area contributed by atoms with Gasteiger partial charge in [0.1, 0.15) is 23.1 Å². The van der Waals surface area contributed by atoms with Crippen LogP contribution in [-0.4, -0.2) is 54.6 Å². The van der Waals surface area contributed by atoms with Crippen LogP contribution in [0.2, 0.25) is 0 Å². The molecule has 0 aromatic heterocycles. The lowest BCUT2D eigenvalue weighted by Crippen LogP contribution is -2.40. The number of ether oxygens (including phenoxy) is 2. The van der Waals surface area contributed by atoms with Gasteiger partial charge in [-0.3, -0.25) is 24.1 Å². The first-order valence-corrected chi connectivity index (χ1v) is 15.8. The summed E-state index contributed by atoms with van der Waals surface area (Å²) in [5.41, 5.74) is 8.58. The van der Waals surface area contributed by atoms with Gasteiger partial charge in [0.25, 0.3) is 17.7 Å². The normalized spacial score (nSPS) is 13.2. The molecule has 4 aromatic carbocycles. The van der Waals surface area contributed by atoms with Crippen molar-refractivity contribution in [2.75, 3.05) is 20.2 Å². The summed E-state index contributed by atoms with van der Waals surface area (Å²) in [7, 11) is 1.59. The smallest absolute Gasteiger partial charge is 0.261 e. The molecular weight excluding hydrogens is 608 g/mol. The predicted octanol–water partition coefficient (Wildman–Crippen LogP) is 5.36. The minimum absolute atomic E-state index is 0.0658. The van der Waals surface area contributed by atoms with Crippen LogP contribution in [0.4, 0.5) is 0 Å². The number of nitrogens with zero attached hydrogens (tertiary/aromatic N) is 2. The monoisotopic (exact) mass is 646 g/mol. The lowest BCUT2D eigenvalue weighted by Gasteiger charge is -2.19. The van der Waals surface area contributed by atoms with Crippen LogP contribution in [0.15, 0.2) is 108 Å². The Morgan fingerprint density at radius 1 is 0.812 bits per heavy atom. The molecule has 10 heteroatoms. The third kappa shape index (κ3) is 8.94.